The van der Waals surface area contributed by atoms with Gasteiger partial charge in [0.25, 0.3) is 0 Å². The molecule has 32 heavy (non-hydrogen) atoms. The maximum atomic E-state index is 13.0. The topological polar surface area (TPSA) is 61.4 Å². The van der Waals surface area contributed by atoms with E-state index in [0.717, 1.165) is 34.9 Å². The van der Waals surface area contributed by atoms with E-state index in [1.807, 2.05) is 72.8 Å². The highest BCUT2D eigenvalue weighted by atomic mass is 32.2. The molecule has 5 nitrogen and oxygen atoms in total. The molecule has 0 spiro atoms. The highest BCUT2D eigenvalue weighted by Crippen LogP contribution is 2.30. The number of urea groups is 1. The van der Waals surface area contributed by atoms with Gasteiger partial charge in [-0.3, -0.25) is 4.79 Å². The number of likely N-dealkylation sites (tertiary alicyclic amines) is 1. The number of para-hydroxylation sites is 2. The van der Waals surface area contributed by atoms with E-state index < -0.39 is 0 Å². The average Bonchev–Trinajstić information content (AvgIpc) is 2.85. The number of piperidine rings is 1. The van der Waals surface area contributed by atoms with Crippen LogP contribution in [0, 0.1) is 5.92 Å². The lowest BCUT2D eigenvalue weighted by atomic mass is 9.97. The summed E-state index contributed by atoms with van der Waals surface area (Å²) in [6, 6.07) is 27.4. The van der Waals surface area contributed by atoms with Crippen molar-refractivity contribution in [2.24, 2.45) is 5.92 Å². The molecular weight excluding hydrogens is 418 g/mol. The molecule has 0 bridgehead atoms. The monoisotopic (exact) mass is 445 g/mol. The summed E-state index contributed by atoms with van der Waals surface area (Å²) in [5, 5.41) is 6.02. The summed E-state index contributed by atoms with van der Waals surface area (Å²) in [7, 11) is 0. The summed E-state index contributed by atoms with van der Waals surface area (Å²) in [4.78, 5) is 28.5. The van der Waals surface area contributed by atoms with Crippen LogP contribution in [0.25, 0.3) is 0 Å². The zero-order valence-electron chi connectivity index (χ0n) is 17.9. The van der Waals surface area contributed by atoms with Gasteiger partial charge in [0, 0.05) is 29.4 Å². The standard InChI is InChI=1S/C26H27N3O2S/c30-25(21-12-9-17-29(18-21)26(31)27-22-13-5-2-6-14-22)28-23-15-7-8-16-24(23)32-19-20-10-3-1-4-11-20/h1-8,10-11,13-16,21H,9,12,17-19H2,(H,27,31)(H,28,30)/t21-/m1/s1. The molecule has 1 aliphatic rings. The second-order valence-electron chi connectivity index (χ2n) is 7.84. The van der Waals surface area contributed by atoms with E-state index in [-0.39, 0.29) is 17.9 Å². The fourth-order valence-electron chi connectivity index (χ4n) is 3.77. The lowest BCUT2D eigenvalue weighted by Crippen LogP contribution is -2.45. The molecule has 0 unspecified atom stereocenters. The predicted molar refractivity (Wildman–Crippen MR) is 131 cm³/mol. The number of nitrogens with zero attached hydrogens (tertiary/aromatic N) is 1. The van der Waals surface area contributed by atoms with Crippen molar-refractivity contribution >= 4 is 35.1 Å². The Hall–Kier alpha value is -3.25. The van der Waals surface area contributed by atoms with Gasteiger partial charge in [-0.05, 0) is 42.7 Å². The van der Waals surface area contributed by atoms with Crippen LogP contribution < -0.4 is 10.6 Å². The van der Waals surface area contributed by atoms with Crippen molar-refractivity contribution in [3.8, 4) is 0 Å². The zero-order chi connectivity index (χ0) is 22.2. The molecule has 3 aromatic rings. The zero-order valence-corrected chi connectivity index (χ0v) is 18.7. The number of anilines is 2. The smallest absolute Gasteiger partial charge is 0.321 e. The third kappa shape index (κ3) is 5.92. The van der Waals surface area contributed by atoms with Crippen LogP contribution >= 0.6 is 11.8 Å². The van der Waals surface area contributed by atoms with Gasteiger partial charge in [-0.2, -0.15) is 0 Å². The number of carbonyl (C=O) groups is 2. The quantitative estimate of drug-likeness (QED) is 0.467. The maximum absolute atomic E-state index is 13.0. The van der Waals surface area contributed by atoms with Crippen LogP contribution in [0.2, 0.25) is 0 Å². The molecule has 1 aliphatic heterocycles. The Labute approximate surface area is 193 Å². The molecule has 1 atom stereocenters. The van der Waals surface area contributed by atoms with Crippen LogP contribution in [0.3, 0.4) is 0 Å². The molecule has 0 aromatic heterocycles. The highest BCUT2D eigenvalue weighted by Gasteiger charge is 2.29. The first kappa shape index (κ1) is 22.0. The van der Waals surface area contributed by atoms with Gasteiger partial charge in [0.05, 0.1) is 11.6 Å². The van der Waals surface area contributed by atoms with Gasteiger partial charge in [-0.15, -0.1) is 11.8 Å². The Kier molecular flexibility index (Phi) is 7.46. The van der Waals surface area contributed by atoms with E-state index in [9.17, 15) is 9.59 Å². The molecule has 0 aliphatic carbocycles. The predicted octanol–water partition coefficient (Wildman–Crippen LogP) is 5.86. The van der Waals surface area contributed by atoms with E-state index in [2.05, 4.69) is 22.8 Å². The molecule has 3 aromatic carbocycles. The number of carbonyl (C=O) groups excluding carboxylic acids is 2. The van der Waals surface area contributed by atoms with E-state index in [1.165, 1.54) is 5.56 Å². The van der Waals surface area contributed by atoms with Gasteiger partial charge in [0.1, 0.15) is 0 Å². The lowest BCUT2D eigenvalue weighted by molar-refractivity contribution is -0.121. The number of hydrogen-bond donors (Lipinski definition) is 2. The van der Waals surface area contributed by atoms with E-state index in [4.69, 9.17) is 0 Å². The van der Waals surface area contributed by atoms with E-state index in [1.54, 1.807) is 16.7 Å². The van der Waals surface area contributed by atoms with Crippen LogP contribution in [0.15, 0.2) is 89.8 Å². The normalized spacial score (nSPS) is 15.8. The first-order valence-corrected chi connectivity index (χ1v) is 11.9. The van der Waals surface area contributed by atoms with Gasteiger partial charge >= 0.3 is 6.03 Å². The molecule has 3 amide bonds. The van der Waals surface area contributed by atoms with Crippen LogP contribution in [0.5, 0.6) is 0 Å². The molecular formula is C26H27N3O2S. The third-order valence-electron chi connectivity index (χ3n) is 5.49. The summed E-state index contributed by atoms with van der Waals surface area (Å²) >= 11 is 1.71. The van der Waals surface area contributed by atoms with Crippen molar-refractivity contribution in [2.45, 2.75) is 23.5 Å². The first-order valence-electron chi connectivity index (χ1n) is 10.9. The number of hydrogen-bond acceptors (Lipinski definition) is 3. The van der Waals surface area contributed by atoms with Gasteiger partial charge in [-0.25, -0.2) is 4.79 Å². The van der Waals surface area contributed by atoms with Crippen LogP contribution in [-0.4, -0.2) is 29.9 Å². The van der Waals surface area contributed by atoms with Crippen LogP contribution in [0.1, 0.15) is 18.4 Å². The number of amides is 3. The average molecular weight is 446 g/mol. The summed E-state index contributed by atoms with van der Waals surface area (Å²) in [6.07, 6.45) is 1.59. The van der Waals surface area contributed by atoms with Gasteiger partial charge in [-0.1, -0.05) is 60.7 Å². The fourth-order valence-corrected chi connectivity index (χ4v) is 4.73. The Balaban J connectivity index is 1.36. The van der Waals surface area contributed by atoms with Crippen molar-refractivity contribution in [1.29, 1.82) is 0 Å². The van der Waals surface area contributed by atoms with Gasteiger partial charge in [0.15, 0.2) is 0 Å². The minimum Gasteiger partial charge on any atom is -0.325 e. The van der Waals surface area contributed by atoms with Crippen molar-refractivity contribution < 1.29 is 9.59 Å². The molecule has 6 heteroatoms. The van der Waals surface area contributed by atoms with Crippen LogP contribution in [0.4, 0.5) is 16.2 Å². The molecule has 2 N–H and O–H groups in total. The van der Waals surface area contributed by atoms with Gasteiger partial charge < -0.3 is 15.5 Å². The van der Waals surface area contributed by atoms with Gasteiger partial charge in [0.2, 0.25) is 5.91 Å². The third-order valence-corrected chi connectivity index (χ3v) is 6.63. The minimum atomic E-state index is -0.225. The molecule has 1 fully saturated rings. The fraction of sp³-hybridized carbons (Fsp3) is 0.231. The van der Waals surface area contributed by atoms with Crippen molar-refractivity contribution in [2.75, 3.05) is 23.7 Å². The first-order chi connectivity index (χ1) is 15.7. The van der Waals surface area contributed by atoms with Crippen molar-refractivity contribution in [3.63, 3.8) is 0 Å². The molecule has 0 saturated carbocycles. The second-order valence-corrected chi connectivity index (χ2v) is 8.86. The highest BCUT2D eigenvalue weighted by molar-refractivity contribution is 7.98. The second kappa shape index (κ2) is 10.9. The summed E-state index contributed by atoms with van der Waals surface area (Å²) < 4.78 is 0. The lowest BCUT2D eigenvalue weighted by Gasteiger charge is -2.32. The Morgan fingerprint density at radius 1 is 0.875 bits per heavy atom. The van der Waals surface area contributed by atoms with E-state index >= 15 is 0 Å². The van der Waals surface area contributed by atoms with Crippen molar-refractivity contribution in [1.82, 2.24) is 4.90 Å². The SMILES string of the molecule is O=C(Nc1ccccc1SCc1ccccc1)[C@@H]1CCCN(C(=O)Nc2ccccc2)C1. The molecule has 4 rings (SSSR count). The number of thioether (sulfide) groups is 1. The minimum absolute atomic E-state index is 0.0324. The Morgan fingerprint density at radius 2 is 1.56 bits per heavy atom. The van der Waals surface area contributed by atoms with Crippen LogP contribution in [-0.2, 0) is 10.5 Å². The Morgan fingerprint density at radius 3 is 2.34 bits per heavy atom. The number of rotatable bonds is 6. The Bertz CT molecular complexity index is 1040. The molecule has 1 saturated heterocycles. The van der Waals surface area contributed by atoms with Crippen molar-refractivity contribution in [3.05, 3.63) is 90.5 Å². The maximum Gasteiger partial charge on any atom is 0.321 e. The summed E-state index contributed by atoms with van der Waals surface area (Å²) in [5.41, 5.74) is 2.82. The number of nitrogens with one attached hydrogen (secondary N) is 2. The largest absolute Gasteiger partial charge is 0.325 e. The number of benzene rings is 3. The molecule has 1 heterocycles. The molecule has 0 radical (unpaired) electrons. The molecule has 164 valence electrons. The van der Waals surface area contributed by atoms with E-state index in [0.29, 0.717) is 13.1 Å². The summed E-state index contributed by atoms with van der Waals surface area (Å²) in [6.45, 7) is 1.08. The summed E-state index contributed by atoms with van der Waals surface area (Å²) in [5.74, 6) is 0.581.